The van der Waals surface area contributed by atoms with Crippen molar-refractivity contribution in [3.05, 3.63) is 94.1 Å². The van der Waals surface area contributed by atoms with Crippen LogP contribution in [0.3, 0.4) is 0 Å². The lowest BCUT2D eigenvalue weighted by molar-refractivity contribution is 0.0628. The zero-order valence-electron chi connectivity index (χ0n) is 19.3. The number of benzene rings is 3. The van der Waals surface area contributed by atoms with Crippen LogP contribution in [0, 0.1) is 0 Å². The minimum absolute atomic E-state index is 0.0115. The van der Waals surface area contributed by atoms with Crippen molar-refractivity contribution in [3.8, 4) is 11.5 Å². The lowest BCUT2D eigenvalue weighted by atomic mass is 10.1. The zero-order chi connectivity index (χ0) is 25.1. The van der Waals surface area contributed by atoms with E-state index in [4.69, 9.17) is 28.0 Å². The molecule has 2 N–H and O–H groups in total. The maximum absolute atomic E-state index is 13.0. The number of nitrogens with one attached hydrogen (secondary N) is 1. The number of para-hydroxylation sites is 1. The summed E-state index contributed by atoms with van der Waals surface area (Å²) in [6.07, 6.45) is 1.73. The average Bonchev–Trinajstić information content (AvgIpc) is 2.91. The second-order valence-electron chi connectivity index (χ2n) is 8.58. The highest BCUT2D eigenvalue weighted by molar-refractivity contribution is 6.35. The molecular weight excluding hydrogens is 499 g/mol. The van der Waals surface area contributed by atoms with Gasteiger partial charge < -0.3 is 14.8 Å². The number of anilines is 1. The summed E-state index contributed by atoms with van der Waals surface area (Å²) in [6.45, 7) is 3.20. The molecule has 0 unspecified atom stereocenters. The minimum Gasteiger partial charge on any atom is -0.506 e. The number of hydrogen-bond donors (Lipinski definition) is 2. The number of piperazine rings is 1. The second-order valence-corrected chi connectivity index (χ2v) is 9.39. The van der Waals surface area contributed by atoms with Crippen LogP contribution in [0.1, 0.15) is 15.9 Å². The third-order valence-electron chi connectivity index (χ3n) is 6.18. The summed E-state index contributed by atoms with van der Waals surface area (Å²) in [6, 6.07) is 20.0. The first-order valence-corrected chi connectivity index (χ1v) is 12.3. The van der Waals surface area contributed by atoms with Gasteiger partial charge in [0.15, 0.2) is 5.75 Å². The van der Waals surface area contributed by atoms with Gasteiger partial charge in [-0.1, -0.05) is 41.4 Å². The Morgan fingerprint density at radius 2 is 1.72 bits per heavy atom. The van der Waals surface area contributed by atoms with Crippen molar-refractivity contribution in [1.29, 1.82) is 0 Å². The Morgan fingerprint density at radius 1 is 0.972 bits per heavy atom. The van der Waals surface area contributed by atoms with Gasteiger partial charge in [0, 0.05) is 54.9 Å². The standard InChI is InChI=1S/C27H24Cl2N4O3/c28-22-16-23(29)24(34)15-20(22)17-32-11-13-33(14-12-32)27(35)19-6-8-21(9-7-19)31-36-25-5-1-3-18-4-2-10-30-26(18)25/h1-10,15-16,31,34H,11-14,17H2. The molecule has 1 fully saturated rings. The number of fused-ring (bicyclic) bond motifs is 1. The number of halogens is 2. The van der Waals surface area contributed by atoms with Gasteiger partial charge in [-0.05, 0) is 54.1 Å². The zero-order valence-corrected chi connectivity index (χ0v) is 20.8. The van der Waals surface area contributed by atoms with E-state index in [0.717, 1.165) is 22.2 Å². The van der Waals surface area contributed by atoms with Gasteiger partial charge in [0.25, 0.3) is 5.91 Å². The molecule has 7 nitrogen and oxygen atoms in total. The fraction of sp³-hybridized carbons (Fsp3) is 0.185. The molecule has 3 aromatic carbocycles. The van der Waals surface area contributed by atoms with E-state index in [1.165, 1.54) is 0 Å². The number of nitrogens with zero attached hydrogens (tertiary/aromatic N) is 3. The number of rotatable bonds is 6. The number of phenols is 1. The van der Waals surface area contributed by atoms with Gasteiger partial charge in [-0.3, -0.25) is 14.7 Å². The molecule has 1 aromatic heterocycles. The molecule has 0 bridgehead atoms. The number of amides is 1. The SMILES string of the molecule is O=C(c1ccc(NOc2cccc3cccnc23)cc1)N1CCN(Cc2cc(O)c(Cl)cc2Cl)CC1. The molecule has 0 atom stereocenters. The van der Waals surface area contributed by atoms with E-state index in [1.54, 1.807) is 30.5 Å². The number of aromatic hydroxyl groups is 1. The van der Waals surface area contributed by atoms with Crippen LogP contribution in [0.25, 0.3) is 10.9 Å². The van der Waals surface area contributed by atoms with Crippen LogP contribution < -0.4 is 10.3 Å². The van der Waals surface area contributed by atoms with E-state index in [-0.39, 0.29) is 16.7 Å². The molecule has 36 heavy (non-hydrogen) atoms. The van der Waals surface area contributed by atoms with Crippen LogP contribution in [0.15, 0.2) is 72.9 Å². The summed E-state index contributed by atoms with van der Waals surface area (Å²) in [5.41, 5.74) is 5.86. The fourth-order valence-corrected chi connectivity index (χ4v) is 4.63. The highest BCUT2D eigenvalue weighted by atomic mass is 35.5. The number of pyridine rings is 1. The normalized spacial score (nSPS) is 14.1. The van der Waals surface area contributed by atoms with E-state index in [2.05, 4.69) is 15.4 Å². The smallest absolute Gasteiger partial charge is 0.253 e. The summed E-state index contributed by atoms with van der Waals surface area (Å²) in [4.78, 5) is 27.2. The molecule has 0 aliphatic carbocycles. The van der Waals surface area contributed by atoms with Crippen LogP contribution in [0.5, 0.6) is 11.5 Å². The molecule has 9 heteroatoms. The summed E-state index contributed by atoms with van der Waals surface area (Å²) < 4.78 is 0. The minimum atomic E-state index is -0.0115. The Morgan fingerprint density at radius 3 is 2.50 bits per heavy atom. The van der Waals surface area contributed by atoms with Crippen LogP contribution in [0.2, 0.25) is 10.0 Å². The molecule has 1 amide bonds. The van der Waals surface area contributed by atoms with Crippen LogP contribution in [-0.4, -0.2) is 52.0 Å². The Labute approximate surface area is 218 Å². The first-order chi connectivity index (χ1) is 17.5. The van der Waals surface area contributed by atoms with Gasteiger partial charge in [-0.2, -0.15) is 0 Å². The Balaban J connectivity index is 1.15. The summed E-state index contributed by atoms with van der Waals surface area (Å²) >= 11 is 12.2. The highest BCUT2D eigenvalue weighted by Crippen LogP contribution is 2.31. The largest absolute Gasteiger partial charge is 0.506 e. The van der Waals surface area contributed by atoms with E-state index in [9.17, 15) is 9.90 Å². The van der Waals surface area contributed by atoms with E-state index >= 15 is 0 Å². The average molecular weight is 523 g/mol. The van der Waals surface area contributed by atoms with Gasteiger partial charge in [0.1, 0.15) is 11.3 Å². The maximum atomic E-state index is 13.0. The van der Waals surface area contributed by atoms with Crippen molar-refractivity contribution in [2.45, 2.75) is 6.54 Å². The lowest BCUT2D eigenvalue weighted by Gasteiger charge is -2.35. The molecule has 5 rings (SSSR count). The van der Waals surface area contributed by atoms with Crippen molar-refractivity contribution in [2.24, 2.45) is 0 Å². The Kier molecular flexibility index (Phi) is 7.13. The van der Waals surface area contributed by atoms with Crippen molar-refractivity contribution in [3.63, 3.8) is 0 Å². The van der Waals surface area contributed by atoms with Crippen LogP contribution >= 0.6 is 23.2 Å². The molecule has 184 valence electrons. The predicted octanol–water partition coefficient (Wildman–Crippen LogP) is 5.61. The fourth-order valence-electron chi connectivity index (χ4n) is 4.19. The van der Waals surface area contributed by atoms with Gasteiger partial charge in [-0.25, -0.2) is 5.48 Å². The predicted molar refractivity (Wildman–Crippen MR) is 142 cm³/mol. The Hall–Kier alpha value is -3.52. The third kappa shape index (κ3) is 5.33. The molecule has 1 saturated heterocycles. The third-order valence-corrected chi connectivity index (χ3v) is 6.83. The summed E-state index contributed by atoms with van der Waals surface area (Å²) in [5, 5.41) is 11.6. The quantitative estimate of drug-likeness (QED) is 0.320. The van der Waals surface area contributed by atoms with E-state index in [1.807, 2.05) is 47.4 Å². The van der Waals surface area contributed by atoms with Crippen molar-refractivity contribution in [2.75, 3.05) is 31.7 Å². The van der Waals surface area contributed by atoms with Crippen molar-refractivity contribution >= 4 is 45.7 Å². The van der Waals surface area contributed by atoms with Gasteiger partial charge >= 0.3 is 0 Å². The van der Waals surface area contributed by atoms with Crippen LogP contribution in [0.4, 0.5) is 5.69 Å². The number of aromatic nitrogens is 1. The number of phenolic OH excluding ortho intramolecular Hbond substituents is 1. The molecule has 4 aromatic rings. The monoisotopic (exact) mass is 522 g/mol. The highest BCUT2D eigenvalue weighted by Gasteiger charge is 2.23. The first kappa shape index (κ1) is 24.2. The summed E-state index contributed by atoms with van der Waals surface area (Å²) in [5.74, 6) is 0.630. The number of hydrogen-bond acceptors (Lipinski definition) is 6. The van der Waals surface area contributed by atoms with E-state index in [0.29, 0.717) is 49.1 Å². The molecular formula is C27H24Cl2N4O3. The number of carbonyl (C=O) groups excluding carboxylic acids is 1. The molecule has 1 aliphatic rings. The maximum Gasteiger partial charge on any atom is 0.253 e. The van der Waals surface area contributed by atoms with Gasteiger partial charge in [0.2, 0.25) is 0 Å². The first-order valence-electron chi connectivity index (χ1n) is 11.5. The van der Waals surface area contributed by atoms with Crippen LogP contribution in [-0.2, 0) is 6.54 Å². The molecule has 0 saturated carbocycles. The summed E-state index contributed by atoms with van der Waals surface area (Å²) in [7, 11) is 0. The van der Waals surface area contributed by atoms with Gasteiger partial charge in [-0.15, -0.1) is 0 Å². The molecule has 1 aliphatic heterocycles. The lowest BCUT2D eigenvalue weighted by Crippen LogP contribution is -2.48. The molecule has 2 heterocycles. The van der Waals surface area contributed by atoms with Crippen molar-refractivity contribution < 1.29 is 14.7 Å². The molecule has 0 spiro atoms. The second kappa shape index (κ2) is 10.6. The van der Waals surface area contributed by atoms with Gasteiger partial charge in [0.05, 0.1) is 10.7 Å². The van der Waals surface area contributed by atoms with Crippen molar-refractivity contribution in [1.82, 2.24) is 14.8 Å². The Bertz CT molecular complexity index is 1380. The number of carbonyl (C=O) groups is 1. The molecule has 0 radical (unpaired) electrons. The van der Waals surface area contributed by atoms with E-state index < -0.39 is 0 Å². The topological polar surface area (TPSA) is 77.9 Å².